The predicted molar refractivity (Wildman–Crippen MR) is 82.0 cm³/mol. The van der Waals surface area contributed by atoms with E-state index in [1.807, 2.05) is 13.8 Å². The Hall–Kier alpha value is -1.19. The Morgan fingerprint density at radius 2 is 2.09 bits per heavy atom. The Balaban J connectivity index is 2.10. The third kappa shape index (κ3) is 4.65. The smallest absolute Gasteiger partial charge is 0.242 e. The molecule has 1 aliphatic heterocycles. The van der Waals surface area contributed by atoms with Crippen LogP contribution in [0.1, 0.15) is 26.7 Å². The lowest BCUT2D eigenvalue weighted by Gasteiger charge is -2.22. The fraction of sp³-hybridized carbons (Fsp3) is 0.615. The molecule has 1 aromatic rings. The summed E-state index contributed by atoms with van der Waals surface area (Å²) in [6.07, 6.45) is 2.13. The molecule has 0 amide bonds. The monoisotopic (exact) mass is 348 g/mol. The lowest BCUT2D eigenvalue weighted by Crippen LogP contribution is -2.43. The van der Waals surface area contributed by atoms with Crippen molar-refractivity contribution in [3.63, 3.8) is 0 Å². The van der Waals surface area contributed by atoms with Crippen molar-refractivity contribution >= 4 is 19.9 Å². The molecule has 1 N–H and O–H groups in total. The molecule has 1 atom stereocenters. The molecule has 0 aromatic carbocycles. The van der Waals surface area contributed by atoms with Crippen LogP contribution in [-0.2, 0) is 19.9 Å². The molecule has 1 aromatic heterocycles. The number of hydrogen-bond donors (Lipinski definition) is 1. The topological polar surface area (TPSA) is 102 Å². The first-order valence-corrected chi connectivity index (χ1v) is 10.3. The molecule has 124 valence electrons. The van der Waals surface area contributed by atoms with Gasteiger partial charge in [0.1, 0.15) is 4.90 Å². The number of hydrogen-bond acceptors (Lipinski definition) is 6. The molecule has 7 nitrogen and oxygen atoms in total. The van der Waals surface area contributed by atoms with Gasteiger partial charge >= 0.3 is 0 Å². The molecule has 0 aliphatic carbocycles. The van der Waals surface area contributed by atoms with Gasteiger partial charge in [0.05, 0.1) is 23.8 Å². The molecule has 1 saturated heterocycles. The van der Waals surface area contributed by atoms with Gasteiger partial charge in [0.25, 0.3) is 0 Å². The van der Waals surface area contributed by atoms with Crippen molar-refractivity contribution in [2.24, 2.45) is 0 Å². The summed E-state index contributed by atoms with van der Waals surface area (Å²) in [6, 6.07) is 2.28. The van der Waals surface area contributed by atoms with Crippen LogP contribution in [0.2, 0.25) is 0 Å². The number of sulfonamides is 1. The van der Waals surface area contributed by atoms with Crippen molar-refractivity contribution in [2.45, 2.75) is 43.7 Å². The molecule has 2 heterocycles. The van der Waals surface area contributed by atoms with Gasteiger partial charge in [0.15, 0.2) is 9.84 Å². The van der Waals surface area contributed by atoms with Crippen LogP contribution in [0.4, 0.5) is 0 Å². The summed E-state index contributed by atoms with van der Waals surface area (Å²) in [7, 11) is -6.96. The van der Waals surface area contributed by atoms with E-state index in [-0.39, 0.29) is 22.5 Å². The van der Waals surface area contributed by atoms with Crippen LogP contribution >= 0.6 is 0 Å². The number of rotatable bonds is 5. The van der Waals surface area contributed by atoms with Crippen LogP contribution in [0.3, 0.4) is 0 Å². The van der Waals surface area contributed by atoms with E-state index in [1.165, 1.54) is 18.3 Å². The van der Waals surface area contributed by atoms with Gasteiger partial charge in [-0.15, -0.1) is 0 Å². The van der Waals surface area contributed by atoms with Crippen molar-refractivity contribution in [1.29, 1.82) is 0 Å². The minimum Gasteiger partial charge on any atom is -0.475 e. The Bertz CT molecular complexity index is 711. The number of nitrogens with one attached hydrogen (secondary N) is 1. The zero-order chi connectivity index (χ0) is 16.4. The van der Waals surface area contributed by atoms with E-state index in [1.54, 1.807) is 0 Å². The highest BCUT2D eigenvalue weighted by atomic mass is 32.2. The average molecular weight is 348 g/mol. The highest BCUT2D eigenvalue weighted by Crippen LogP contribution is 2.17. The van der Waals surface area contributed by atoms with E-state index in [2.05, 4.69) is 9.71 Å². The fourth-order valence-electron chi connectivity index (χ4n) is 2.24. The molecule has 22 heavy (non-hydrogen) atoms. The van der Waals surface area contributed by atoms with Crippen molar-refractivity contribution in [2.75, 3.05) is 11.5 Å². The number of pyridine rings is 1. The first-order valence-electron chi connectivity index (χ1n) is 7.03. The minimum atomic E-state index is -3.79. The summed E-state index contributed by atoms with van der Waals surface area (Å²) in [6.45, 7) is 3.69. The Morgan fingerprint density at radius 3 is 2.64 bits per heavy atom. The van der Waals surface area contributed by atoms with Gasteiger partial charge in [-0.05, 0) is 32.8 Å². The molecule has 0 radical (unpaired) electrons. The fourth-order valence-corrected chi connectivity index (χ4v) is 5.20. The van der Waals surface area contributed by atoms with Gasteiger partial charge < -0.3 is 4.74 Å². The molecule has 0 saturated carbocycles. The lowest BCUT2D eigenvalue weighted by molar-refractivity contribution is 0.232. The van der Waals surface area contributed by atoms with Gasteiger partial charge in [-0.2, -0.15) is 0 Å². The first kappa shape index (κ1) is 17.2. The van der Waals surface area contributed by atoms with Gasteiger partial charge in [0.2, 0.25) is 15.9 Å². The second-order valence-corrected chi connectivity index (χ2v) is 9.52. The number of aromatic nitrogens is 1. The van der Waals surface area contributed by atoms with Crippen LogP contribution in [0.25, 0.3) is 0 Å². The summed E-state index contributed by atoms with van der Waals surface area (Å²) < 4.78 is 55.4. The van der Waals surface area contributed by atoms with E-state index in [4.69, 9.17) is 4.74 Å². The quantitative estimate of drug-likeness (QED) is 0.841. The molecule has 1 fully saturated rings. The maximum absolute atomic E-state index is 12.3. The first-order chi connectivity index (χ1) is 10.2. The van der Waals surface area contributed by atoms with Crippen molar-refractivity contribution < 1.29 is 21.6 Å². The largest absolute Gasteiger partial charge is 0.475 e. The zero-order valence-electron chi connectivity index (χ0n) is 12.5. The lowest BCUT2D eigenvalue weighted by atomic mass is 10.2. The molecular weight excluding hydrogens is 328 g/mol. The zero-order valence-corrected chi connectivity index (χ0v) is 14.2. The van der Waals surface area contributed by atoms with Crippen LogP contribution in [0.15, 0.2) is 23.2 Å². The minimum absolute atomic E-state index is 0.00780. The second kappa shape index (κ2) is 6.51. The van der Waals surface area contributed by atoms with Crippen LogP contribution in [-0.4, -0.2) is 45.5 Å². The van der Waals surface area contributed by atoms with Gasteiger partial charge in [-0.3, -0.25) is 0 Å². The summed E-state index contributed by atoms with van der Waals surface area (Å²) in [5.41, 5.74) is 0. The maximum Gasteiger partial charge on any atom is 0.242 e. The van der Waals surface area contributed by atoms with E-state index >= 15 is 0 Å². The van der Waals surface area contributed by atoms with Crippen molar-refractivity contribution in [3.8, 4) is 5.88 Å². The Labute approximate surface area is 131 Å². The summed E-state index contributed by atoms with van der Waals surface area (Å²) >= 11 is 0. The van der Waals surface area contributed by atoms with E-state index in [9.17, 15) is 16.8 Å². The van der Waals surface area contributed by atoms with Crippen LogP contribution in [0, 0.1) is 0 Å². The number of ether oxygens (including phenoxy) is 1. The third-order valence-electron chi connectivity index (χ3n) is 3.16. The highest BCUT2D eigenvalue weighted by Gasteiger charge is 2.28. The third-order valence-corrected chi connectivity index (χ3v) is 6.49. The van der Waals surface area contributed by atoms with E-state index in [0.717, 1.165) is 0 Å². The Kier molecular flexibility index (Phi) is 5.08. The molecule has 2 rings (SSSR count). The molecule has 0 bridgehead atoms. The Morgan fingerprint density at radius 1 is 1.36 bits per heavy atom. The maximum atomic E-state index is 12.3. The van der Waals surface area contributed by atoms with Crippen LogP contribution < -0.4 is 9.46 Å². The van der Waals surface area contributed by atoms with Gasteiger partial charge in [0, 0.05) is 12.1 Å². The van der Waals surface area contributed by atoms with Gasteiger partial charge in [-0.1, -0.05) is 0 Å². The molecule has 0 unspecified atom stereocenters. The van der Waals surface area contributed by atoms with Crippen molar-refractivity contribution in [1.82, 2.24) is 9.71 Å². The summed E-state index contributed by atoms with van der Waals surface area (Å²) in [4.78, 5) is 3.94. The van der Waals surface area contributed by atoms with Gasteiger partial charge in [-0.25, -0.2) is 26.5 Å². The van der Waals surface area contributed by atoms with Crippen LogP contribution in [0.5, 0.6) is 5.88 Å². The van der Waals surface area contributed by atoms with Crippen molar-refractivity contribution in [3.05, 3.63) is 18.3 Å². The number of nitrogens with zero attached hydrogens (tertiary/aromatic N) is 1. The number of sulfone groups is 1. The molecule has 0 spiro atoms. The standard InChI is InChI=1S/C13H20N2O5S2/c1-10(2)20-13-6-5-12(8-14-13)22(18,19)15-11-4-3-7-21(16,17)9-11/h5-6,8,10-11,15H,3-4,7,9H2,1-2H3/t11-/m0/s1. The summed E-state index contributed by atoms with van der Waals surface area (Å²) in [5.74, 6) is 0.302. The van der Waals surface area contributed by atoms with E-state index < -0.39 is 25.9 Å². The SMILES string of the molecule is CC(C)Oc1ccc(S(=O)(=O)N[C@H]2CCCS(=O)(=O)C2)cn1. The summed E-state index contributed by atoms with van der Waals surface area (Å²) in [5, 5.41) is 0. The molecule has 1 aliphatic rings. The normalized spacial score (nSPS) is 21.7. The predicted octanol–water partition coefficient (Wildman–Crippen LogP) is 0.724. The second-order valence-electron chi connectivity index (χ2n) is 5.57. The van der Waals surface area contributed by atoms with E-state index in [0.29, 0.717) is 18.7 Å². The average Bonchev–Trinajstić information content (AvgIpc) is 2.36. The highest BCUT2D eigenvalue weighted by molar-refractivity contribution is 7.91. The molecule has 9 heteroatoms. The molecular formula is C13H20N2O5S2.